The molecule has 1 fully saturated rings. The molecule has 1 aliphatic heterocycles. The third kappa shape index (κ3) is 3.47. The SMILES string of the molecule is CCN1CCC(c2cc(-c3ccncc3)c(-c3ccc(F)cc3)n2[O-])CC1. The largest absolute Gasteiger partial charge is 0.805 e. The van der Waals surface area contributed by atoms with Crippen molar-refractivity contribution in [1.29, 1.82) is 0 Å². The lowest BCUT2D eigenvalue weighted by atomic mass is 9.93. The molecule has 140 valence electrons. The maximum Gasteiger partial charge on any atom is 0.123 e. The zero-order chi connectivity index (χ0) is 18.8. The first-order chi connectivity index (χ1) is 13.2. The van der Waals surface area contributed by atoms with Gasteiger partial charge in [-0.1, -0.05) is 6.92 Å². The molecule has 1 saturated heterocycles. The predicted octanol–water partition coefficient (Wildman–Crippen LogP) is 4.90. The summed E-state index contributed by atoms with van der Waals surface area (Å²) in [5, 5.41) is 13.3. The number of halogens is 1. The van der Waals surface area contributed by atoms with Crippen molar-refractivity contribution in [2.75, 3.05) is 19.6 Å². The van der Waals surface area contributed by atoms with Crippen LogP contribution in [-0.4, -0.2) is 34.2 Å². The van der Waals surface area contributed by atoms with Gasteiger partial charge in [0.05, 0.1) is 5.69 Å². The molecular weight excluding hydrogens is 341 g/mol. The molecular formula is C22H23FN3O-. The summed E-state index contributed by atoms with van der Waals surface area (Å²) in [6.45, 7) is 5.25. The molecule has 2 aromatic heterocycles. The summed E-state index contributed by atoms with van der Waals surface area (Å²) in [5.74, 6) is -0.0551. The molecule has 5 heteroatoms. The molecule has 0 unspecified atom stereocenters. The van der Waals surface area contributed by atoms with E-state index in [0.29, 0.717) is 5.69 Å². The van der Waals surface area contributed by atoms with Crippen molar-refractivity contribution in [3.05, 3.63) is 71.6 Å². The number of hydrogen-bond acceptors (Lipinski definition) is 3. The Bertz CT molecular complexity index is 897. The fourth-order valence-electron chi connectivity index (χ4n) is 3.97. The van der Waals surface area contributed by atoms with Gasteiger partial charge in [0.2, 0.25) is 0 Å². The van der Waals surface area contributed by atoms with Crippen molar-refractivity contribution in [2.24, 2.45) is 0 Å². The maximum atomic E-state index is 13.4. The Morgan fingerprint density at radius 1 is 1.04 bits per heavy atom. The Morgan fingerprint density at radius 2 is 1.70 bits per heavy atom. The zero-order valence-electron chi connectivity index (χ0n) is 15.4. The molecule has 4 nitrogen and oxygen atoms in total. The molecule has 1 aliphatic rings. The summed E-state index contributed by atoms with van der Waals surface area (Å²) in [7, 11) is 0. The number of rotatable bonds is 4. The van der Waals surface area contributed by atoms with E-state index in [-0.39, 0.29) is 11.7 Å². The first kappa shape index (κ1) is 17.7. The number of hydrogen-bond donors (Lipinski definition) is 0. The summed E-state index contributed by atoms with van der Waals surface area (Å²) in [4.78, 5) is 6.50. The second-order valence-corrected chi connectivity index (χ2v) is 7.08. The summed E-state index contributed by atoms with van der Waals surface area (Å²) in [6.07, 6.45) is 5.42. The van der Waals surface area contributed by atoms with E-state index in [1.54, 1.807) is 24.5 Å². The predicted molar refractivity (Wildman–Crippen MR) is 106 cm³/mol. The molecule has 3 aromatic rings. The van der Waals surface area contributed by atoms with Crippen LogP contribution < -0.4 is 0 Å². The van der Waals surface area contributed by atoms with E-state index in [0.717, 1.165) is 59.6 Å². The molecule has 1 aromatic carbocycles. The monoisotopic (exact) mass is 364 g/mol. The Hall–Kier alpha value is -2.66. The van der Waals surface area contributed by atoms with Crippen molar-refractivity contribution in [2.45, 2.75) is 25.7 Å². The summed E-state index contributed by atoms with van der Waals surface area (Å²) in [5.41, 5.74) is 3.97. The Labute approximate surface area is 158 Å². The van der Waals surface area contributed by atoms with Gasteiger partial charge in [-0.15, -0.1) is 0 Å². The lowest BCUT2D eigenvalue weighted by molar-refractivity contribution is 0.220. The minimum Gasteiger partial charge on any atom is -0.805 e. The van der Waals surface area contributed by atoms with Crippen molar-refractivity contribution in [1.82, 2.24) is 14.6 Å². The van der Waals surface area contributed by atoms with Gasteiger partial charge in [-0.3, -0.25) is 4.98 Å². The Kier molecular flexibility index (Phi) is 4.94. The fraction of sp³-hybridized carbons (Fsp3) is 0.318. The number of piperidine rings is 1. The average molecular weight is 364 g/mol. The standard InChI is InChI=1S/C22H23FN3O/c1-2-25-13-9-17(10-14-25)21-15-20(16-7-11-24-12-8-16)22(26(21)27)18-3-5-19(23)6-4-18/h3-8,11-12,15,17H,2,9-10,13-14H2,1H3/q-1. The lowest BCUT2D eigenvalue weighted by Gasteiger charge is -2.32. The summed E-state index contributed by atoms with van der Waals surface area (Å²) in [6, 6.07) is 12.0. The van der Waals surface area contributed by atoms with Crippen molar-refractivity contribution < 1.29 is 4.39 Å². The third-order valence-corrected chi connectivity index (χ3v) is 5.55. The van der Waals surface area contributed by atoms with Crippen LogP contribution in [0.25, 0.3) is 22.4 Å². The average Bonchev–Trinajstić information content (AvgIpc) is 3.06. The Balaban J connectivity index is 1.79. The van der Waals surface area contributed by atoms with Gasteiger partial charge in [0.15, 0.2) is 0 Å². The van der Waals surface area contributed by atoms with Gasteiger partial charge in [0.1, 0.15) is 5.82 Å². The van der Waals surface area contributed by atoms with E-state index in [2.05, 4.69) is 16.8 Å². The molecule has 0 spiro atoms. The summed E-state index contributed by atoms with van der Waals surface area (Å²) < 4.78 is 14.5. The number of benzene rings is 1. The smallest absolute Gasteiger partial charge is 0.123 e. The highest BCUT2D eigenvalue weighted by molar-refractivity contribution is 5.83. The van der Waals surface area contributed by atoms with Gasteiger partial charge in [-0.2, -0.15) is 0 Å². The fourth-order valence-corrected chi connectivity index (χ4v) is 3.97. The number of likely N-dealkylation sites (tertiary alicyclic amines) is 1. The van der Waals surface area contributed by atoms with Gasteiger partial charge in [0.25, 0.3) is 0 Å². The van der Waals surface area contributed by atoms with Gasteiger partial charge in [0, 0.05) is 29.6 Å². The second kappa shape index (κ2) is 7.53. The van der Waals surface area contributed by atoms with E-state index in [1.165, 1.54) is 12.1 Å². The van der Waals surface area contributed by atoms with Crippen LogP contribution in [0.1, 0.15) is 31.4 Å². The highest BCUT2D eigenvalue weighted by Gasteiger charge is 2.24. The van der Waals surface area contributed by atoms with Crippen molar-refractivity contribution in [3.63, 3.8) is 0 Å². The number of pyridine rings is 1. The highest BCUT2D eigenvalue weighted by atomic mass is 19.1. The molecule has 0 radical (unpaired) electrons. The molecule has 0 amide bonds. The van der Waals surface area contributed by atoms with E-state index in [9.17, 15) is 9.60 Å². The van der Waals surface area contributed by atoms with Crippen LogP contribution in [-0.2, 0) is 0 Å². The third-order valence-electron chi connectivity index (χ3n) is 5.55. The van der Waals surface area contributed by atoms with Crippen LogP contribution in [0.3, 0.4) is 0 Å². The molecule has 0 N–H and O–H groups in total. The minimum absolute atomic E-state index is 0.250. The maximum absolute atomic E-state index is 13.4. The lowest BCUT2D eigenvalue weighted by Crippen LogP contribution is -2.33. The van der Waals surface area contributed by atoms with Gasteiger partial charge >= 0.3 is 0 Å². The van der Waals surface area contributed by atoms with Gasteiger partial charge in [-0.25, -0.2) is 4.39 Å². The first-order valence-electron chi connectivity index (χ1n) is 9.49. The minimum atomic E-state index is -0.305. The topological polar surface area (TPSA) is 44.1 Å². The van der Waals surface area contributed by atoms with Crippen LogP contribution in [0, 0.1) is 11.0 Å². The number of aromatic nitrogens is 2. The first-order valence-corrected chi connectivity index (χ1v) is 9.49. The molecule has 0 aliphatic carbocycles. The second-order valence-electron chi connectivity index (χ2n) is 7.08. The van der Waals surface area contributed by atoms with Crippen LogP contribution in [0.4, 0.5) is 4.39 Å². The van der Waals surface area contributed by atoms with E-state index in [4.69, 9.17) is 0 Å². The highest BCUT2D eigenvalue weighted by Crippen LogP contribution is 2.39. The molecule has 0 saturated carbocycles. The quantitative estimate of drug-likeness (QED) is 0.661. The molecule has 0 atom stereocenters. The molecule has 4 rings (SSSR count). The summed E-state index contributed by atoms with van der Waals surface area (Å²) >= 11 is 0. The zero-order valence-corrected chi connectivity index (χ0v) is 15.4. The van der Waals surface area contributed by atoms with Gasteiger partial charge < -0.3 is 14.8 Å². The van der Waals surface area contributed by atoms with Crippen molar-refractivity contribution >= 4 is 0 Å². The Morgan fingerprint density at radius 3 is 2.33 bits per heavy atom. The number of nitrogens with zero attached hydrogens (tertiary/aromatic N) is 3. The van der Waals surface area contributed by atoms with E-state index < -0.39 is 0 Å². The molecule has 27 heavy (non-hydrogen) atoms. The normalized spacial score (nSPS) is 15.9. The van der Waals surface area contributed by atoms with Crippen LogP contribution in [0.15, 0.2) is 54.9 Å². The molecule has 3 heterocycles. The van der Waals surface area contributed by atoms with E-state index >= 15 is 0 Å². The van der Waals surface area contributed by atoms with Crippen LogP contribution >= 0.6 is 0 Å². The van der Waals surface area contributed by atoms with Gasteiger partial charge in [-0.05, 0) is 86.1 Å². The van der Waals surface area contributed by atoms with Crippen LogP contribution in [0.2, 0.25) is 0 Å². The molecule has 0 bridgehead atoms. The van der Waals surface area contributed by atoms with Crippen LogP contribution in [0.5, 0.6) is 0 Å². The van der Waals surface area contributed by atoms with E-state index in [1.807, 2.05) is 18.2 Å². The van der Waals surface area contributed by atoms with Crippen molar-refractivity contribution in [3.8, 4) is 22.4 Å².